The number of hydrogen-bond donors (Lipinski definition) is 1. The van der Waals surface area contributed by atoms with Crippen molar-refractivity contribution in [2.75, 3.05) is 13.2 Å². The first-order valence-corrected chi connectivity index (χ1v) is 11.3. The van der Waals surface area contributed by atoms with Gasteiger partial charge in [-0.1, -0.05) is 0 Å². The first kappa shape index (κ1) is 19.6. The van der Waals surface area contributed by atoms with Gasteiger partial charge in [-0.25, -0.2) is 0 Å². The summed E-state index contributed by atoms with van der Waals surface area (Å²) in [4.78, 5) is 17.3. The molecule has 2 aromatic carbocycles. The van der Waals surface area contributed by atoms with Crippen LogP contribution in [0.4, 0.5) is 0 Å². The van der Waals surface area contributed by atoms with E-state index in [0.29, 0.717) is 12.2 Å². The first-order chi connectivity index (χ1) is 13.2. The zero-order chi connectivity index (χ0) is 19.2. The van der Waals surface area contributed by atoms with Gasteiger partial charge < -0.3 is 0 Å². The molecule has 0 saturated heterocycles. The van der Waals surface area contributed by atoms with Crippen LogP contribution in [-0.2, 0) is 0 Å². The Hall–Kier alpha value is -2.16. The topological polar surface area (TPSA) is 59.4 Å². The van der Waals surface area contributed by atoms with E-state index in [4.69, 9.17) is 9.84 Å². The molecule has 3 rings (SSSR count). The molecule has 0 aliphatic carbocycles. The Kier molecular flexibility index (Phi) is 6.65. The minimum absolute atomic E-state index is 0.0482. The summed E-state index contributed by atoms with van der Waals surface area (Å²) in [5.74, 6) is 0.801. The minimum atomic E-state index is -0.720. The third-order valence-corrected chi connectivity index (χ3v) is 7.79. The van der Waals surface area contributed by atoms with Crippen LogP contribution in [0.2, 0.25) is 0 Å². The molecule has 1 N–H and O–H groups in total. The molecule has 0 aliphatic rings. The van der Waals surface area contributed by atoms with Crippen LogP contribution < -0.4 is 13.4 Å². The van der Waals surface area contributed by atoms with Gasteiger partial charge in [0.25, 0.3) is 0 Å². The molecule has 4 nitrogen and oxygen atoms in total. The Labute approximate surface area is 166 Å². The average molecular weight is 425 g/mol. The maximum absolute atomic E-state index is 12.8. The number of fused-ring (bicyclic) bond motifs is 1. The van der Waals surface area contributed by atoms with Crippen molar-refractivity contribution in [3.05, 3.63) is 59.8 Å². The fraction of sp³-hybridized carbons (Fsp3) is 0.273. The Morgan fingerprint density at radius 1 is 1.19 bits per heavy atom. The maximum atomic E-state index is 12.8. The number of aliphatic hydroxyl groups is 1. The van der Waals surface area contributed by atoms with Crippen molar-refractivity contribution in [2.45, 2.75) is 26.7 Å². The van der Waals surface area contributed by atoms with E-state index >= 15 is 0 Å². The Morgan fingerprint density at radius 2 is 2.00 bits per heavy atom. The average Bonchev–Trinajstić information content (AvgIpc) is 2.68. The summed E-state index contributed by atoms with van der Waals surface area (Å²) in [5.41, 5.74) is 2.75. The summed E-state index contributed by atoms with van der Waals surface area (Å²) in [6.07, 6.45) is 3.06. The molecule has 0 radical (unpaired) electrons. The fourth-order valence-electron chi connectivity index (χ4n) is 3.02. The van der Waals surface area contributed by atoms with Gasteiger partial charge in [0.15, 0.2) is 0 Å². The van der Waals surface area contributed by atoms with Crippen molar-refractivity contribution in [2.24, 2.45) is 0 Å². The summed E-state index contributed by atoms with van der Waals surface area (Å²) < 4.78 is 8.09. The molecule has 0 saturated carbocycles. The third kappa shape index (κ3) is 4.40. The molecule has 0 fully saturated rings. The number of rotatable bonds is 8. The zero-order valence-corrected chi connectivity index (χ0v) is 17.8. The van der Waals surface area contributed by atoms with E-state index in [-0.39, 0.29) is 19.0 Å². The summed E-state index contributed by atoms with van der Waals surface area (Å²) in [7, 11) is 0. The number of ether oxygens (including phenoxy) is 1. The van der Waals surface area contributed by atoms with Gasteiger partial charge >= 0.3 is 166 Å². The van der Waals surface area contributed by atoms with E-state index in [1.807, 2.05) is 31.2 Å². The number of aromatic nitrogens is 1. The number of para-hydroxylation sites is 1. The van der Waals surface area contributed by atoms with Gasteiger partial charge in [0, 0.05) is 0 Å². The van der Waals surface area contributed by atoms with Gasteiger partial charge in [-0.15, -0.1) is 0 Å². The molecule has 0 aliphatic heterocycles. The molecular formula is C22H24AsNO3. The van der Waals surface area contributed by atoms with Gasteiger partial charge in [0.05, 0.1) is 0 Å². The van der Waals surface area contributed by atoms with E-state index in [1.54, 1.807) is 6.20 Å². The van der Waals surface area contributed by atoms with Crippen LogP contribution in [0.15, 0.2) is 48.7 Å². The molecule has 0 spiro atoms. The molecule has 140 valence electrons. The van der Waals surface area contributed by atoms with Gasteiger partial charge in [-0.3, -0.25) is 0 Å². The SMILES string of the molecule is CCCC(=O)c1cnc2c(OCCO)cccc2c1[AsH]c1ccccc1C. The van der Waals surface area contributed by atoms with Crippen molar-refractivity contribution in [1.82, 2.24) is 4.98 Å². The normalized spacial score (nSPS) is 11.4. The van der Waals surface area contributed by atoms with E-state index in [0.717, 1.165) is 27.2 Å². The van der Waals surface area contributed by atoms with Crippen molar-refractivity contribution >= 4 is 41.1 Å². The molecule has 27 heavy (non-hydrogen) atoms. The first-order valence-electron chi connectivity index (χ1n) is 9.17. The van der Waals surface area contributed by atoms with Crippen molar-refractivity contribution < 1.29 is 14.6 Å². The number of aliphatic hydroxyl groups excluding tert-OH is 1. The quantitative estimate of drug-likeness (QED) is 0.445. The van der Waals surface area contributed by atoms with Gasteiger partial charge in [0.2, 0.25) is 0 Å². The number of benzene rings is 2. The molecule has 1 heterocycles. The van der Waals surface area contributed by atoms with Crippen molar-refractivity contribution in [3.8, 4) is 5.75 Å². The molecule has 0 amide bonds. The van der Waals surface area contributed by atoms with Crippen molar-refractivity contribution in [3.63, 3.8) is 0 Å². The van der Waals surface area contributed by atoms with Crippen LogP contribution in [0.3, 0.4) is 0 Å². The summed E-state index contributed by atoms with van der Waals surface area (Å²) >= 11 is -0.720. The standard InChI is InChI=1S/C22H24AsNO3/c1-3-7-19(26)17-14-24-22-16(9-6-11-20(22)27-13-12-25)21(17)23-18-10-5-4-8-15(18)2/h4-6,8-11,14,23,25H,3,7,12-13H2,1-2H3. The molecule has 5 heteroatoms. The van der Waals surface area contributed by atoms with E-state index in [2.05, 4.69) is 30.1 Å². The zero-order valence-electron chi connectivity index (χ0n) is 15.7. The summed E-state index contributed by atoms with van der Waals surface area (Å²) in [6, 6.07) is 14.2. The van der Waals surface area contributed by atoms with E-state index in [1.165, 1.54) is 9.91 Å². The van der Waals surface area contributed by atoms with Gasteiger partial charge in [-0.05, 0) is 0 Å². The predicted molar refractivity (Wildman–Crippen MR) is 111 cm³/mol. The molecule has 1 unspecified atom stereocenters. The van der Waals surface area contributed by atoms with Crippen LogP contribution in [0.25, 0.3) is 10.9 Å². The van der Waals surface area contributed by atoms with Gasteiger partial charge in [-0.2, -0.15) is 0 Å². The number of nitrogens with zero attached hydrogens (tertiary/aromatic N) is 1. The third-order valence-electron chi connectivity index (χ3n) is 4.39. The monoisotopic (exact) mass is 425 g/mol. The molecular weight excluding hydrogens is 401 g/mol. The summed E-state index contributed by atoms with van der Waals surface area (Å²) in [5, 5.41) is 10.1. The second-order valence-electron chi connectivity index (χ2n) is 6.38. The Bertz CT molecular complexity index is 955. The van der Waals surface area contributed by atoms with Gasteiger partial charge in [0.1, 0.15) is 0 Å². The number of carbonyl (C=O) groups is 1. The van der Waals surface area contributed by atoms with Crippen LogP contribution in [-0.4, -0.2) is 44.8 Å². The fourth-order valence-corrected chi connectivity index (χ4v) is 5.97. The molecule has 0 bridgehead atoms. The molecule has 1 atom stereocenters. The Morgan fingerprint density at radius 3 is 2.74 bits per heavy atom. The number of aryl methyl sites for hydroxylation is 1. The molecule has 3 aromatic rings. The van der Waals surface area contributed by atoms with Crippen molar-refractivity contribution in [1.29, 1.82) is 0 Å². The molecule has 1 aromatic heterocycles. The number of hydrogen-bond acceptors (Lipinski definition) is 4. The van der Waals surface area contributed by atoms with Crippen LogP contribution in [0.5, 0.6) is 5.75 Å². The van der Waals surface area contributed by atoms with Crippen LogP contribution in [0, 0.1) is 6.92 Å². The van der Waals surface area contributed by atoms with E-state index in [9.17, 15) is 4.79 Å². The number of carbonyl (C=O) groups excluding carboxylic acids is 1. The second-order valence-corrected chi connectivity index (χ2v) is 9.09. The number of Topliss-reactive ketones (excluding diaryl/α,β-unsaturated/α-hetero) is 1. The Balaban J connectivity index is 2.17. The van der Waals surface area contributed by atoms with Crippen LogP contribution >= 0.6 is 0 Å². The number of pyridine rings is 1. The predicted octanol–water partition coefficient (Wildman–Crippen LogP) is 2.28. The number of ketones is 1. The summed E-state index contributed by atoms with van der Waals surface area (Å²) in [6.45, 7) is 4.31. The van der Waals surface area contributed by atoms with E-state index < -0.39 is 15.8 Å². The van der Waals surface area contributed by atoms with Crippen LogP contribution in [0.1, 0.15) is 35.7 Å². The second kappa shape index (κ2) is 9.16.